The SMILES string of the molecule is Cn1nnc2c(C(N)=O)[nH+]cn2c1=O. The molecule has 2 aromatic rings. The van der Waals surface area contributed by atoms with Gasteiger partial charge in [-0.2, -0.15) is 4.68 Å². The van der Waals surface area contributed by atoms with Crippen LogP contribution in [0.5, 0.6) is 0 Å². The van der Waals surface area contributed by atoms with Crippen molar-refractivity contribution in [3.05, 3.63) is 22.5 Å². The molecular weight excluding hydrogens is 188 g/mol. The van der Waals surface area contributed by atoms with Crippen LogP contribution in [0.2, 0.25) is 0 Å². The van der Waals surface area contributed by atoms with Gasteiger partial charge in [0, 0.05) is 7.05 Å². The number of H-pyrrole nitrogens is 1. The molecule has 0 radical (unpaired) electrons. The minimum atomic E-state index is -0.685. The highest BCUT2D eigenvalue weighted by Gasteiger charge is 2.20. The second-order valence-electron chi connectivity index (χ2n) is 2.70. The predicted octanol–water partition coefficient (Wildman–Crippen LogP) is -2.66. The molecule has 0 spiro atoms. The van der Waals surface area contributed by atoms with Crippen molar-refractivity contribution in [1.82, 2.24) is 19.4 Å². The number of nitrogens with one attached hydrogen (secondary N) is 1. The van der Waals surface area contributed by atoms with Crippen LogP contribution in [-0.2, 0) is 7.05 Å². The fourth-order valence-electron chi connectivity index (χ4n) is 1.10. The van der Waals surface area contributed by atoms with Gasteiger partial charge >= 0.3 is 11.3 Å². The van der Waals surface area contributed by atoms with Gasteiger partial charge in [0.1, 0.15) is 0 Å². The standard InChI is InChI=1S/C6H6N6O2/c1-11-6(14)12-2-8-3(4(7)13)5(12)9-10-11/h2H,1H3,(H2,7,13)/p+1. The molecule has 0 saturated carbocycles. The van der Waals surface area contributed by atoms with Crippen LogP contribution in [0.1, 0.15) is 10.5 Å². The first-order chi connectivity index (χ1) is 6.61. The van der Waals surface area contributed by atoms with E-state index in [4.69, 9.17) is 5.73 Å². The number of fused-ring (bicyclic) bond motifs is 1. The molecule has 0 unspecified atom stereocenters. The monoisotopic (exact) mass is 195 g/mol. The highest BCUT2D eigenvalue weighted by atomic mass is 16.2. The number of carbonyl (C=O) groups excluding carboxylic acids is 1. The number of aromatic nitrogens is 5. The predicted molar refractivity (Wildman–Crippen MR) is 43.3 cm³/mol. The first-order valence-electron chi connectivity index (χ1n) is 3.74. The molecule has 2 heterocycles. The van der Waals surface area contributed by atoms with E-state index >= 15 is 0 Å². The zero-order valence-electron chi connectivity index (χ0n) is 7.26. The van der Waals surface area contributed by atoms with Crippen molar-refractivity contribution in [2.24, 2.45) is 12.8 Å². The lowest BCUT2D eigenvalue weighted by molar-refractivity contribution is -0.379. The van der Waals surface area contributed by atoms with Crippen LogP contribution in [0.3, 0.4) is 0 Å². The molecule has 0 saturated heterocycles. The number of nitrogens with two attached hydrogens (primary N) is 1. The Hall–Kier alpha value is -2.25. The van der Waals surface area contributed by atoms with Crippen LogP contribution in [0.25, 0.3) is 5.65 Å². The van der Waals surface area contributed by atoms with Crippen LogP contribution in [0, 0.1) is 0 Å². The van der Waals surface area contributed by atoms with Gasteiger partial charge in [0.25, 0.3) is 17.9 Å². The van der Waals surface area contributed by atoms with E-state index in [1.807, 2.05) is 0 Å². The summed E-state index contributed by atoms with van der Waals surface area (Å²) in [4.78, 5) is 24.8. The Morgan fingerprint density at radius 3 is 3.00 bits per heavy atom. The van der Waals surface area contributed by atoms with Gasteiger partial charge in [-0.15, -0.1) is 4.40 Å². The van der Waals surface area contributed by atoms with Gasteiger partial charge in [0.15, 0.2) is 0 Å². The molecule has 0 atom stereocenters. The van der Waals surface area contributed by atoms with Gasteiger partial charge < -0.3 is 5.73 Å². The zero-order valence-corrected chi connectivity index (χ0v) is 7.26. The van der Waals surface area contributed by atoms with Crippen molar-refractivity contribution in [3.63, 3.8) is 0 Å². The fourth-order valence-corrected chi connectivity index (χ4v) is 1.10. The molecule has 0 aliphatic carbocycles. The van der Waals surface area contributed by atoms with Gasteiger partial charge in [0.2, 0.25) is 0 Å². The minimum absolute atomic E-state index is 0.0650. The van der Waals surface area contributed by atoms with E-state index in [0.29, 0.717) is 0 Å². The van der Waals surface area contributed by atoms with Crippen molar-refractivity contribution in [1.29, 1.82) is 0 Å². The van der Waals surface area contributed by atoms with E-state index in [9.17, 15) is 9.59 Å². The topological polar surface area (TPSA) is 109 Å². The van der Waals surface area contributed by atoms with Gasteiger partial charge in [-0.25, -0.2) is 9.78 Å². The quantitative estimate of drug-likeness (QED) is 0.535. The summed E-state index contributed by atoms with van der Waals surface area (Å²) in [5.74, 6) is -0.685. The van der Waals surface area contributed by atoms with Crippen LogP contribution >= 0.6 is 0 Å². The number of imidazole rings is 1. The molecule has 2 rings (SSSR count). The molecule has 72 valence electrons. The number of nitrogens with zero attached hydrogens (tertiary/aromatic N) is 4. The summed E-state index contributed by atoms with van der Waals surface area (Å²) < 4.78 is 2.21. The molecule has 0 aromatic carbocycles. The maximum atomic E-state index is 11.4. The summed E-state index contributed by atoms with van der Waals surface area (Å²) in [5, 5.41) is 7.19. The second kappa shape index (κ2) is 2.62. The average Bonchev–Trinajstić information content (AvgIpc) is 2.55. The molecule has 8 nitrogen and oxygen atoms in total. The largest absolute Gasteiger partial charge is 0.439 e. The second-order valence-corrected chi connectivity index (χ2v) is 2.70. The molecule has 2 aromatic heterocycles. The molecule has 0 aliphatic rings. The van der Waals surface area contributed by atoms with Crippen molar-refractivity contribution in [2.45, 2.75) is 0 Å². The summed E-state index contributed by atoms with van der Waals surface area (Å²) in [6.45, 7) is 0. The van der Waals surface area contributed by atoms with Crippen LogP contribution in [0.4, 0.5) is 0 Å². The number of hydrogen-bond acceptors (Lipinski definition) is 4. The number of aromatic amines is 1. The molecule has 1 amide bonds. The van der Waals surface area contributed by atoms with Crippen molar-refractivity contribution in [2.75, 3.05) is 0 Å². The van der Waals surface area contributed by atoms with Crippen LogP contribution in [0.15, 0.2) is 11.1 Å². The average molecular weight is 195 g/mol. The summed E-state index contributed by atoms with van der Waals surface area (Å²) in [6.07, 6.45) is 1.31. The van der Waals surface area contributed by atoms with E-state index in [2.05, 4.69) is 15.3 Å². The lowest BCUT2D eigenvalue weighted by Gasteiger charge is -1.89. The zero-order chi connectivity index (χ0) is 10.3. The molecule has 8 heteroatoms. The van der Waals surface area contributed by atoms with Gasteiger partial charge in [0.05, 0.1) is 0 Å². The van der Waals surface area contributed by atoms with Crippen LogP contribution < -0.4 is 16.4 Å². The van der Waals surface area contributed by atoms with E-state index in [-0.39, 0.29) is 11.3 Å². The van der Waals surface area contributed by atoms with Crippen molar-refractivity contribution < 1.29 is 9.78 Å². The minimum Gasteiger partial charge on any atom is -0.362 e. The highest BCUT2D eigenvalue weighted by molar-refractivity contribution is 5.94. The van der Waals surface area contributed by atoms with Crippen molar-refractivity contribution in [3.8, 4) is 0 Å². The third-order valence-electron chi connectivity index (χ3n) is 1.79. The summed E-state index contributed by atoms with van der Waals surface area (Å²) in [7, 11) is 1.46. The molecule has 0 bridgehead atoms. The van der Waals surface area contributed by atoms with E-state index in [1.54, 1.807) is 0 Å². The van der Waals surface area contributed by atoms with Gasteiger partial charge in [-0.1, -0.05) is 10.3 Å². The van der Waals surface area contributed by atoms with Gasteiger partial charge in [-0.3, -0.25) is 4.79 Å². The Morgan fingerprint density at radius 1 is 1.64 bits per heavy atom. The van der Waals surface area contributed by atoms with E-state index in [0.717, 1.165) is 9.08 Å². The number of carbonyl (C=O) groups is 1. The normalized spacial score (nSPS) is 10.6. The lowest BCUT2D eigenvalue weighted by Crippen LogP contribution is -2.27. The van der Waals surface area contributed by atoms with E-state index < -0.39 is 11.6 Å². The Kier molecular flexibility index (Phi) is 1.56. The molecule has 14 heavy (non-hydrogen) atoms. The van der Waals surface area contributed by atoms with Crippen molar-refractivity contribution >= 4 is 11.6 Å². The lowest BCUT2D eigenvalue weighted by atomic mass is 10.4. The third kappa shape index (κ3) is 0.969. The maximum Gasteiger partial charge on any atom is 0.439 e. The Bertz CT molecular complexity index is 567. The molecule has 0 aliphatic heterocycles. The summed E-state index contributed by atoms with van der Waals surface area (Å²) in [6, 6.07) is 0. The number of amides is 1. The Labute approximate surface area is 77.0 Å². The first kappa shape index (κ1) is 8.35. The fraction of sp³-hybridized carbons (Fsp3) is 0.167. The van der Waals surface area contributed by atoms with Crippen LogP contribution in [-0.4, -0.2) is 25.3 Å². The Morgan fingerprint density at radius 2 is 2.36 bits per heavy atom. The maximum absolute atomic E-state index is 11.4. The number of aryl methyl sites for hydroxylation is 1. The number of primary amides is 1. The molecular formula is C6H7N6O2+. The summed E-state index contributed by atoms with van der Waals surface area (Å²) >= 11 is 0. The van der Waals surface area contributed by atoms with Gasteiger partial charge in [-0.05, 0) is 0 Å². The Balaban J connectivity index is 2.91. The third-order valence-corrected chi connectivity index (χ3v) is 1.79. The number of rotatable bonds is 1. The summed E-state index contributed by atoms with van der Waals surface area (Å²) in [5.41, 5.74) is 4.84. The highest BCUT2D eigenvalue weighted by Crippen LogP contribution is 1.95. The molecule has 3 N–H and O–H groups in total. The van der Waals surface area contributed by atoms with E-state index in [1.165, 1.54) is 13.4 Å². The smallest absolute Gasteiger partial charge is 0.362 e. The number of hydrogen-bond donors (Lipinski definition) is 1. The molecule has 0 fully saturated rings. The first-order valence-corrected chi connectivity index (χ1v) is 3.74.